The number of non-ortho nitro benzene ring substituents is 1. The number of hydrogen-bond donors (Lipinski definition) is 1. The van der Waals surface area contributed by atoms with Gasteiger partial charge in [-0.1, -0.05) is 12.1 Å². The van der Waals surface area contributed by atoms with Gasteiger partial charge in [0.25, 0.3) is 5.69 Å². The first-order valence-electron chi connectivity index (χ1n) is 6.75. The van der Waals surface area contributed by atoms with Crippen LogP contribution in [0.25, 0.3) is 0 Å². The average molecular weight is 299 g/mol. The van der Waals surface area contributed by atoms with Crippen LogP contribution >= 0.6 is 0 Å². The summed E-state index contributed by atoms with van der Waals surface area (Å²) < 4.78 is 5.12. The monoisotopic (exact) mass is 299 g/mol. The van der Waals surface area contributed by atoms with Crippen molar-refractivity contribution in [3.8, 4) is 5.75 Å². The molecule has 0 heterocycles. The van der Waals surface area contributed by atoms with Crippen LogP contribution < -0.4 is 10.2 Å². The fourth-order valence-electron chi connectivity index (χ4n) is 1.90. The third-order valence-electron chi connectivity index (χ3n) is 3.07. The third-order valence-corrected chi connectivity index (χ3v) is 3.07. The zero-order chi connectivity index (χ0) is 15.9. The van der Waals surface area contributed by atoms with E-state index in [0.717, 1.165) is 17.0 Å². The molecular weight excluding hydrogens is 282 g/mol. The van der Waals surface area contributed by atoms with Gasteiger partial charge in [0.2, 0.25) is 0 Å². The van der Waals surface area contributed by atoms with Gasteiger partial charge in [-0.15, -0.1) is 0 Å². The Balaban J connectivity index is 1.95. The molecule has 0 aromatic heterocycles. The van der Waals surface area contributed by atoms with Crippen LogP contribution in [0, 0.1) is 10.1 Å². The summed E-state index contributed by atoms with van der Waals surface area (Å²) >= 11 is 0. The van der Waals surface area contributed by atoms with Gasteiger partial charge in [0.05, 0.1) is 17.7 Å². The summed E-state index contributed by atoms with van der Waals surface area (Å²) in [5.41, 5.74) is 5.70. The molecule has 0 saturated carbocycles. The second kappa shape index (κ2) is 7.21. The molecule has 0 radical (unpaired) electrons. The Morgan fingerprint density at radius 1 is 1.18 bits per heavy atom. The Morgan fingerprint density at radius 3 is 2.36 bits per heavy atom. The first-order valence-corrected chi connectivity index (χ1v) is 6.75. The molecule has 0 fully saturated rings. The minimum absolute atomic E-state index is 0.0597. The van der Waals surface area contributed by atoms with Gasteiger partial charge in [-0.05, 0) is 36.8 Å². The van der Waals surface area contributed by atoms with E-state index in [1.54, 1.807) is 19.2 Å². The first-order chi connectivity index (χ1) is 10.6. The first kappa shape index (κ1) is 15.5. The smallest absolute Gasteiger partial charge is 0.269 e. The maximum atomic E-state index is 10.6. The number of ether oxygens (including phenoxy) is 1. The predicted octanol–water partition coefficient (Wildman–Crippen LogP) is 3.63. The molecule has 6 heteroatoms. The molecule has 0 unspecified atom stereocenters. The van der Waals surface area contributed by atoms with E-state index >= 15 is 0 Å². The highest BCUT2D eigenvalue weighted by Gasteiger charge is 2.03. The Labute approximate surface area is 128 Å². The molecule has 22 heavy (non-hydrogen) atoms. The van der Waals surface area contributed by atoms with Crippen LogP contribution in [0.5, 0.6) is 5.75 Å². The minimum atomic E-state index is -0.429. The van der Waals surface area contributed by atoms with Gasteiger partial charge in [0, 0.05) is 24.3 Å². The number of methoxy groups -OCH3 is 1. The fraction of sp³-hybridized carbons (Fsp3) is 0.188. The number of nitrogens with zero attached hydrogens (tertiary/aromatic N) is 2. The van der Waals surface area contributed by atoms with Gasteiger partial charge >= 0.3 is 0 Å². The van der Waals surface area contributed by atoms with Gasteiger partial charge in [-0.2, -0.15) is 5.10 Å². The Hall–Kier alpha value is -2.89. The minimum Gasteiger partial charge on any atom is -0.497 e. The van der Waals surface area contributed by atoms with E-state index in [1.165, 1.54) is 12.1 Å². The number of rotatable bonds is 6. The van der Waals surface area contributed by atoms with Crippen molar-refractivity contribution < 1.29 is 9.66 Å². The van der Waals surface area contributed by atoms with Gasteiger partial charge in [-0.3, -0.25) is 15.5 Å². The second-order valence-electron chi connectivity index (χ2n) is 4.79. The van der Waals surface area contributed by atoms with Crippen molar-refractivity contribution in [2.75, 3.05) is 12.5 Å². The van der Waals surface area contributed by atoms with Gasteiger partial charge in [-0.25, -0.2) is 0 Å². The standard InChI is InChI=1S/C16H17N3O3/c1-12(11-13-3-9-16(22-2)10-4-13)17-18-14-5-7-15(8-6-14)19(20)21/h3-10,18H,11H2,1-2H3/b17-12-. The summed E-state index contributed by atoms with van der Waals surface area (Å²) in [5, 5.41) is 14.8. The van der Waals surface area contributed by atoms with Crippen LogP contribution in [-0.2, 0) is 6.42 Å². The molecule has 0 saturated heterocycles. The number of hydrazone groups is 1. The summed E-state index contributed by atoms with van der Waals surface area (Å²) in [5.74, 6) is 0.822. The number of nitrogens with one attached hydrogen (secondary N) is 1. The van der Waals surface area contributed by atoms with Crippen molar-refractivity contribution >= 4 is 17.1 Å². The SMILES string of the molecule is COc1ccc(C/C(C)=N\Nc2ccc([N+](=O)[O-])cc2)cc1. The zero-order valence-electron chi connectivity index (χ0n) is 12.4. The van der Waals surface area contributed by atoms with Crippen LogP contribution in [0.2, 0.25) is 0 Å². The van der Waals surface area contributed by atoms with E-state index in [0.29, 0.717) is 12.1 Å². The van der Waals surface area contributed by atoms with Crippen molar-refractivity contribution in [1.82, 2.24) is 0 Å². The molecule has 2 aromatic carbocycles. The molecule has 0 bridgehead atoms. The molecule has 0 atom stereocenters. The van der Waals surface area contributed by atoms with Gasteiger partial charge < -0.3 is 4.74 Å². The quantitative estimate of drug-likeness (QED) is 0.502. The Morgan fingerprint density at radius 2 is 1.82 bits per heavy atom. The van der Waals surface area contributed by atoms with E-state index in [9.17, 15) is 10.1 Å². The summed E-state index contributed by atoms with van der Waals surface area (Å²) in [6.45, 7) is 1.92. The van der Waals surface area contributed by atoms with Crippen LogP contribution in [0.3, 0.4) is 0 Å². The summed E-state index contributed by atoms with van der Waals surface area (Å²) in [4.78, 5) is 10.1. The molecule has 1 N–H and O–H groups in total. The number of nitro benzene ring substituents is 1. The van der Waals surface area contributed by atoms with Crippen LogP contribution in [0.4, 0.5) is 11.4 Å². The highest BCUT2D eigenvalue weighted by atomic mass is 16.6. The van der Waals surface area contributed by atoms with Crippen LogP contribution in [0.1, 0.15) is 12.5 Å². The van der Waals surface area contributed by atoms with E-state index in [1.807, 2.05) is 31.2 Å². The van der Waals surface area contributed by atoms with Gasteiger partial charge in [0.15, 0.2) is 0 Å². The topological polar surface area (TPSA) is 76.8 Å². The number of hydrogen-bond acceptors (Lipinski definition) is 5. The van der Waals surface area contributed by atoms with E-state index in [-0.39, 0.29) is 5.69 Å². The zero-order valence-corrected chi connectivity index (χ0v) is 12.4. The van der Waals surface area contributed by atoms with Gasteiger partial charge in [0.1, 0.15) is 5.75 Å². The lowest BCUT2D eigenvalue weighted by Gasteiger charge is -2.05. The predicted molar refractivity (Wildman–Crippen MR) is 86.5 cm³/mol. The van der Waals surface area contributed by atoms with E-state index in [2.05, 4.69) is 10.5 Å². The van der Waals surface area contributed by atoms with E-state index < -0.39 is 4.92 Å². The molecule has 0 aliphatic rings. The maximum Gasteiger partial charge on any atom is 0.269 e. The Bertz CT molecular complexity index is 664. The van der Waals surface area contributed by atoms with Crippen LogP contribution in [-0.4, -0.2) is 17.7 Å². The molecule has 0 spiro atoms. The summed E-state index contributed by atoms with van der Waals surface area (Å²) in [6.07, 6.45) is 0.712. The lowest BCUT2D eigenvalue weighted by atomic mass is 10.1. The summed E-state index contributed by atoms with van der Waals surface area (Å²) in [7, 11) is 1.63. The normalized spacial score (nSPS) is 11.1. The molecule has 2 rings (SSSR count). The van der Waals surface area contributed by atoms with Crippen molar-refractivity contribution in [2.24, 2.45) is 5.10 Å². The second-order valence-corrected chi connectivity index (χ2v) is 4.79. The molecule has 0 aliphatic carbocycles. The highest BCUT2D eigenvalue weighted by molar-refractivity contribution is 5.84. The number of benzene rings is 2. The molecule has 114 valence electrons. The Kier molecular flexibility index (Phi) is 5.08. The highest BCUT2D eigenvalue weighted by Crippen LogP contribution is 2.16. The maximum absolute atomic E-state index is 10.6. The molecule has 0 amide bonds. The van der Waals surface area contributed by atoms with Crippen molar-refractivity contribution in [2.45, 2.75) is 13.3 Å². The molecule has 6 nitrogen and oxygen atoms in total. The fourth-order valence-corrected chi connectivity index (χ4v) is 1.90. The third kappa shape index (κ3) is 4.31. The van der Waals surface area contributed by atoms with Crippen molar-refractivity contribution in [3.05, 3.63) is 64.2 Å². The van der Waals surface area contributed by atoms with Crippen molar-refractivity contribution in [1.29, 1.82) is 0 Å². The molecule has 0 aliphatic heterocycles. The lowest BCUT2D eigenvalue weighted by Crippen LogP contribution is -2.02. The van der Waals surface area contributed by atoms with Crippen LogP contribution in [0.15, 0.2) is 53.6 Å². The van der Waals surface area contributed by atoms with Crippen molar-refractivity contribution in [3.63, 3.8) is 0 Å². The number of nitro groups is 1. The number of anilines is 1. The molecule has 2 aromatic rings. The molecular formula is C16H17N3O3. The largest absolute Gasteiger partial charge is 0.497 e. The van der Waals surface area contributed by atoms with E-state index in [4.69, 9.17) is 4.74 Å². The lowest BCUT2D eigenvalue weighted by molar-refractivity contribution is -0.384. The average Bonchev–Trinajstić information content (AvgIpc) is 2.54. The summed E-state index contributed by atoms with van der Waals surface area (Å²) in [6, 6.07) is 13.9.